The van der Waals surface area contributed by atoms with E-state index in [2.05, 4.69) is 10.6 Å². The molecule has 0 fully saturated rings. The van der Waals surface area contributed by atoms with Gasteiger partial charge in [-0.05, 0) is 33.3 Å². The molecule has 1 aromatic carbocycles. The summed E-state index contributed by atoms with van der Waals surface area (Å²) in [5.74, 6) is -0.320. The van der Waals surface area contributed by atoms with Crippen LogP contribution >= 0.6 is 0 Å². The molecule has 1 amide bonds. The van der Waals surface area contributed by atoms with Crippen LogP contribution in [0.25, 0.3) is 0 Å². The summed E-state index contributed by atoms with van der Waals surface area (Å²) in [6.45, 7) is 8.11. The van der Waals surface area contributed by atoms with Crippen molar-refractivity contribution >= 4 is 5.91 Å². The smallest absolute Gasteiger partial charge is 0.237 e. The van der Waals surface area contributed by atoms with Crippen LogP contribution in [-0.2, 0) is 11.3 Å². The molecule has 19 heavy (non-hydrogen) atoms. The molecule has 0 spiro atoms. The Labute approximate surface area is 114 Å². The van der Waals surface area contributed by atoms with Crippen LogP contribution in [-0.4, -0.2) is 17.5 Å². The van der Waals surface area contributed by atoms with Gasteiger partial charge in [-0.2, -0.15) is 0 Å². The molecular weight excluding hydrogens is 243 g/mol. The van der Waals surface area contributed by atoms with E-state index >= 15 is 0 Å². The summed E-state index contributed by atoms with van der Waals surface area (Å²) in [6.07, 6.45) is 0.860. The molecular formula is C15H23FN2O. The number of benzene rings is 1. The van der Waals surface area contributed by atoms with E-state index in [0.717, 1.165) is 6.42 Å². The van der Waals surface area contributed by atoms with Crippen molar-refractivity contribution < 1.29 is 9.18 Å². The van der Waals surface area contributed by atoms with Gasteiger partial charge in [-0.15, -0.1) is 0 Å². The van der Waals surface area contributed by atoms with E-state index in [9.17, 15) is 9.18 Å². The highest BCUT2D eigenvalue weighted by atomic mass is 19.1. The van der Waals surface area contributed by atoms with Crippen LogP contribution in [0.2, 0.25) is 0 Å². The Hall–Kier alpha value is -1.42. The van der Waals surface area contributed by atoms with Crippen LogP contribution in [0.3, 0.4) is 0 Å². The first-order valence-electron chi connectivity index (χ1n) is 6.64. The second-order valence-corrected chi connectivity index (χ2v) is 5.42. The van der Waals surface area contributed by atoms with Gasteiger partial charge in [0.15, 0.2) is 0 Å². The average Bonchev–Trinajstić information content (AvgIpc) is 2.37. The molecule has 1 aromatic rings. The molecule has 106 valence electrons. The average molecular weight is 266 g/mol. The molecule has 3 nitrogen and oxygen atoms in total. The fourth-order valence-corrected chi connectivity index (χ4v) is 1.53. The molecule has 0 saturated heterocycles. The number of carbonyl (C=O) groups is 1. The lowest BCUT2D eigenvalue weighted by Gasteiger charge is -2.26. The third kappa shape index (κ3) is 4.99. The molecule has 0 radical (unpaired) electrons. The Morgan fingerprint density at radius 1 is 1.37 bits per heavy atom. The molecule has 0 aliphatic carbocycles. The van der Waals surface area contributed by atoms with Gasteiger partial charge in [-0.25, -0.2) is 4.39 Å². The van der Waals surface area contributed by atoms with Crippen molar-refractivity contribution in [3.05, 3.63) is 35.6 Å². The van der Waals surface area contributed by atoms with E-state index in [1.165, 1.54) is 6.07 Å². The lowest BCUT2D eigenvalue weighted by molar-refractivity contribution is -0.124. The van der Waals surface area contributed by atoms with E-state index in [1.807, 2.05) is 20.8 Å². The van der Waals surface area contributed by atoms with Gasteiger partial charge in [-0.3, -0.25) is 4.79 Å². The van der Waals surface area contributed by atoms with E-state index in [1.54, 1.807) is 25.1 Å². The Kier molecular flexibility index (Phi) is 5.48. The van der Waals surface area contributed by atoms with Crippen LogP contribution in [0.4, 0.5) is 4.39 Å². The Bertz CT molecular complexity index is 432. The Balaban J connectivity index is 2.50. The topological polar surface area (TPSA) is 41.1 Å². The Morgan fingerprint density at radius 2 is 2.00 bits per heavy atom. The number of rotatable bonds is 6. The van der Waals surface area contributed by atoms with E-state index in [4.69, 9.17) is 0 Å². The number of hydrogen-bond acceptors (Lipinski definition) is 2. The quantitative estimate of drug-likeness (QED) is 0.831. The summed E-state index contributed by atoms with van der Waals surface area (Å²) >= 11 is 0. The van der Waals surface area contributed by atoms with Crippen molar-refractivity contribution in [3.63, 3.8) is 0 Å². The number of carbonyl (C=O) groups excluding carboxylic acids is 1. The summed E-state index contributed by atoms with van der Waals surface area (Å²) in [4.78, 5) is 12.0. The molecule has 1 unspecified atom stereocenters. The van der Waals surface area contributed by atoms with Crippen molar-refractivity contribution in [2.24, 2.45) is 0 Å². The van der Waals surface area contributed by atoms with Crippen molar-refractivity contribution in [1.82, 2.24) is 10.6 Å². The van der Waals surface area contributed by atoms with Gasteiger partial charge in [0, 0.05) is 17.6 Å². The van der Waals surface area contributed by atoms with E-state index in [-0.39, 0.29) is 23.3 Å². The number of halogens is 1. The fourth-order valence-electron chi connectivity index (χ4n) is 1.53. The largest absolute Gasteiger partial charge is 0.350 e. The molecule has 1 rings (SSSR count). The highest BCUT2D eigenvalue weighted by Gasteiger charge is 2.21. The van der Waals surface area contributed by atoms with Crippen molar-refractivity contribution in [1.29, 1.82) is 0 Å². The van der Waals surface area contributed by atoms with Gasteiger partial charge in [0.2, 0.25) is 5.91 Å². The zero-order valence-electron chi connectivity index (χ0n) is 12.1. The monoisotopic (exact) mass is 266 g/mol. The summed E-state index contributed by atoms with van der Waals surface area (Å²) in [7, 11) is 0. The highest BCUT2D eigenvalue weighted by molar-refractivity contribution is 5.81. The van der Waals surface area contributed by atoms with Crippen LogP contribution < -0.4 is 10.6 Å². The predicted molar refractivity (Wildman–Crippen MR) is 75.2 cm³/mol. The van der Waals surface area contributed by atoms with Crippen LogP contribution in [0, 0.1) is 5.82 Å². The lowest BCUT2D eigenvalue weighted by Crippen LogP contribution is -2.50. The first-order valence-corrected chi connectivity index (χ1v) is 6.64. The molecule has 0 aliphatic rings. The van der Waals surface area contributed by atoms with Gasteiger partial charge >= 0.3 is 0 Å². The first kappa shape index (κ1) is 15.6. The maximum atomic E-state index is 13.4. The van der Waals surface area contributed by atoms with Gasteiger partial charge in [0.05, 0.1) is 6.04 Å². The lowest BCUT2D eigenvalue weighted by atomic mass is 10.0. The number of nitrogens with one attached hydrogen (secondary N) is 2. The second kappa shape index (κ2) is 6.66. The summed E-state index contributed by atoms with van der Waals surface area (Å²) in [5, 5.41) is 6.00. The fraction of sp³-hybridized carbons (Fsp3) is 0.533. The van der Waals surface area contributed by atoms with Crippen molar-refractivity contribution in [3.8, 4) is 0 Å². The number of hydrogen-bond donors (Lipinski definition) is 2. The molecule has 0 aromatic heterocycles. The maximum Gasteiger partial charge on any atom is 0.237 e. The standard InChI is InChI=1S/C15H23FN2O/c1-5-15(3,4)18-14(19)11(2)17-10-12-8-6-7-9-13(12)16/h6-9,11,17H,5,10H2,1-4H3,(H,18,19). The third-order valence-electron chi connectivity index (χ3n) is 3.30. The van der Waals surface area contributed by atoms with Crippen LogP contribution in [0.5, 0.6) is 0 Å². The Morgan fingerprint density at radius 3 is 2.58 bits per heavy atom. The van der Waals surface area contributed by atoms with Gasteiger partial charge < -0.3 is 10.6 Å². The summed E-state index contributed by atoms with van der Waals surface area (Å²) in [6, 6.07) is 6.21. The maximum absolute atomic E-state index is 13.4. The highest BCUT2D eigenvalue weighted by Crippen LogP contribution is 2.08. The van der Waals surface area contributed by atoms with Crippen molar-refractivity contribution in [2.45, 2.75) is 52.2 Å². The van der Waals surface area contributed by atoms with Gasteiger partial charge in [0.25, 0.3) is 0 Å². The van der Waals surface area contributed by atoms with Crippen molar-refractivity contribution in [2.75, 3.05) is 0 Å². The third-order valence-corrected chi connectivity index (χ3v) is 3.30. The predicted octanol–water partition coefficient (Wildman–Crippen LogP) is 2.61. The second-order valence-electron chi connectivity index (χ2n) is 5.42. The van der Waals surface area contributed by atoms with Crippen LogP contribution in [0.15, 0.2) is 24.3 Å². The summed E-state index contributed by atoms with van der Waals surface area (Å²) in [5.41, 5.74) is 0.349. The molecule has 4 heteroatoms. The minimum atomic E-state index is -0.356. The van der Waals surface area contributed by atoms with Gasteiger partial charge in [-0.1, -0.05) is 25.1 Å². The molecule has 0 saturated carbocycles. The molecule has 0 aliphatic heterocycles. The first-order chi connectivity index (χ1) is 8.85. The number of amides is 1. The SMILES string of the molecule is CCC(C)(C)NC(=O)C(C)NCc1ccccc1F. The minimum Gasteiger partial charge on any atom is -0.350 e. The normalized spacial score (nSPS) is 13.1. The van der Waals surface area contributed by atoms with E-state index < -0.39 is 0 Å². The molecule has 0 bridgehead atoms. The summed E-state index contributed by atoms with van der Waals surface area (Å²) < 4.78 is 13.4. The van der Waals surface area contributed by atoms with Crippen LogP contribution in [0.1, 0.15) is 39.7 Å². The zero-order valence-corrected chi connectivity index (χ0v) is 12.1. The molecule has 1 atom stereocenters. The van der Waals surface area contributed by atoms with E-state index in [0.29, 0.717) is 12.1 Å². The van der Waals surface area contributed by atoms with Gasteiger partial charge in [0.1, 0.15) is 5.82 Å². The molecule has 2 N–H and O–H groups in total. The molecule has 0 heterocycles. The zero-order chi connectivity index (χ0) is 14.5. The minimum absolute atomic E-state index is 0.0665.